The van der Waals surface area contributed by atoms with Crippen LogP contribution in [-0.2, 0) is 0 Å². The van der Waals surface area contributed by atoms with E-state index in [9.17, 15) is 4.79 Å². The molecule has 0 saturated heterocycles. The molecule has 76 valence electrons. The van der Waals surface area contributed by atoms with Gasteiger partial charge in [0.05, 0.1) is 5.69 Å². The zero-order valence-electron chi connectivity index (χ0n) is 7.71. The molecule has 0 aliphatic heterocycles. The van der Waals surface area contributed by atoms with Crippen LogP contribution in [0.1, 0.15) is 15.4 Å². The van der Waals surface area contributed by atoms with E-state index >= 15 is 0 Å². The van der Waals surface area contributed by atoms with E-state index in [0.29, 0.717) is 11.4 Å². The molecule has 0 radical (unpaired) electrons. The smallest absolute Gasteiger partial charge is 0.349 e. The van der Waals surface area contributed by atoms with E-state index in [1.165, 1.54) is 6.20 Å². The lowest BCUT2D eigenvalue weighted by atomic mass is 10.2. The van der Waals surface area contributed by atoms with Crippen molar-refractivity contribution in [2.75, 3.05) is 0 Å². The number of carbonyl (C=O) groups is 1. The molecule has 0 aliphatic rings. The van der Waals surface area contributed by atoms with Crippen LogP contribution in [-0.4, -0.2) is 30.6 Å². The maximum absolute atomic E-state index is 10.8. The number of hydrogen-bond acceptors (Lipinski definition) is 6. The summed E-state index contributed by atoms with van der Waals surface area (Å²) in [6, 6.07) is 0. The topological polar surface area (TPSA) is 88.9 Å². The van der Waals surface area contributed by atoms with Crippen LogP contribution in [0.3, 0.4) is 0 Å². The molecule has 0 amide bonds. The second-order valence-electron chi connectivity index (χ2n) is 2.75. The summed E-state index contributed by atoms with van der Waals surface area (Å²) in [5.74, 6) is -1.05. The second-order valence-corrected chi connectivity index (χ2v) is 3.50. The first-order valence-electron chi connectivity index (χ1n) is 4.03. The summed E-state index contributed by atoms with van der Waals surface area (Å²) in [6.45, 7) is 1.74. The predicted octanol–water partition coefficient (Wildman–Crippen LogP) is 1.00. The average molecular weight is 222 g/mol. The fourth-order valence-electron chi connectivity index (χ4n) is 1.13. The Balaban J connectivity index is 2.59. The fourth-order valence-corrected chi connectivity index (χ4v) is 1.63. The van der Waals surface area contributed by atoms with Crippen LogP contribution < -0.4 is 0 Å². The van der Waals surface area contributed by atoms with Crippen molar-refractivity contribution in [3.63, 3.8) is 0 Å². The van der Waals surface area contributed by atoms with Gasteiger partial charge in [0.15, 0.2) is 4.88 Å². The van der Waals surface area contributed by atoms with Crippen molar-refractivity contribution in [1.82, 2.24) is 19.6 Å². The van der Waals surface area contributed by atoms with Gasteiger partial charge in [-0.3, -0.25) is 9.97 Å². The van der Waals surface area contributed by atoms with Crippen molar-refractivity contribution in [2.24, 2.45) is 0 Å². The second kappa shape index (κ2) is 3.70. The van der Waals surface area contributed by atoms with E-state index < -0.39 is 5.97 Å². The third-order valence-electron chi connectivity index (χ3n) is 1.79. The van der Waals surface area contributed by atoms with Gasteiger partial charge in [-0.1, -0.05) is 4.49 Å². The number of aryl methyl sites for hydroxylation is 1. The van der Waals surface area contributed by atoms with Gasteiger partial charge >= 0.3 is 5.97 Å². The zero-order valence-corrected chi connectivity index (χ0v) is 8.52. The van der Waals surface area contributed by atoms with Crippen molar-refractivity contribution in [3.05, 3.63) is 23.0 Å². The minimum Gasteiger partial charge on any atom is -0.477 e. The van der Waals surface area contributed by atoms with Gasteiger partial charge in [0, 0.05) is 12.4 Å². The van der Waals surface area contributed by atoms with Crippen molar-refractivity contribution in [3.8, 4) is 11.4 Å². The number of rotatable bonds is 2. The van der Waals surface area contributed by atoms with E-state index in [1.54, 1.807) is 13.1 Å². The molecular formula is C8H6N4O2S. The molecule has 0 spiro atoms. The maximum atomic E-state index is 10.8. The van der Waals surface area contributed by atoms with Crippen LogP contribution in [0.4, 0.5) is 0 Å². The van der Waals surface area contributed by atoms with E-state index in [2.05, 4.69) is 19.6 Å². The summed E-state index contributed by atoms with van der Waals surface area (Å²) >= 11 is 0.833. The number of hydrogen-bond donors (Lipinski definition) is 1. The number of nitrogens with zero attached hydrogens (tertiary/aromatic N) is 4. The molecule has 6 nitrogen and oxygen atoms in total. The summed E-state index contributed by atoms with van der Waals surface area (Å²) in [5, 5.41) is 12.6. The third kappa shape index (κ3) is 1.68. The van der Waals surface area contributed by atoms with E-state index in [0.717, 1.165) is 11.5 Å². The first-order chi connectivity index (χ1) is 7.20. The molecule has 0 fully saturated rings. The highest BCUT2D eigenvalue weighted by Gasteiger charge is 2.19. The molecule has 0 atom stereocenters. The zero-order chi connectivity index (χ0) is 10.8. The van der Waals surface area contributed by atoms with Gasteiger partial charge in [-0.05, 0) is 18.5 Å². The Morgan fingerprint density at radius 3 is 2.73 bits per heavy atom. The summed E-state index contributed by atoms with van der Waals surface area (Å²) in [6.07, 6.45) is 3.03. The highest BCUT2D eigenvalue weighted by atomic mass is 32.1. The van der Waals surface area contributed by atoms with E-state index in [1.807, 2.05) is 0 Å². The molecule has 2 rings (SSSR count). The minimum absolute atomic E-state index is 0.0820. The van der Waals surface area contributed by atoms with Gasteiger partial charge in [0.25, 0.3) is 0 Å². The molecule has 1 N–H and O–H groups in total. The highest BCUT2D eigenvalue weighted by Crippen LogP contribution is 2.23. The first-order valence-corrected chi connectivity index (χ1v) is 4.81. The lowest BCUT2D eigenvalue weighted by Gasteiger charge is -1.99. The lowest BCUT2D eigenvalue weighted by Crippen LogP contribution is -1.99. The van der Waals surface area contributed by atoms with E-state index in [-0.39, 0.29) is 10.6 Å². The molecule has 2 heterocycles. The van der Waals surface area contributed by atoms with Crippen LogP contribution in [0.5, 0.6) is 0 Å². The number of carboxylic acid groups (broad SMARTS) is 1. The van der Waals surface area contributed by atoms with Gasteiger partial charge < -0.3 is 5.11 Å². The van der Waals surface area contributed by atoms with Gasteiger partial charge in [0.1, 0.15) is 11.4 Å². The Morgan fingerprint density at radius 2 is 2.07 bits per heavy atom. The lowest BCUT2D eigenvalue weighted by molar-refractivity contribution is 0.0702. The van der Waals surface area contributed by atoms with Crippen molar-refractivity contribution in [2.45, 2.75) is 6.92 Å². The normalized spacial score (nSPS) is 10.2. The first kappa shape index (κ1) is 9.66. The molecular weight excluding hydrogens is 216 g/mol. The van der Waals surface area contributed by atoms with E-state index in [4.69, 9.17) is 5.11 Å². The van der Waals surface area contributed by atoms with Crippen molar-refractivity contribution in [1.29, 1.82) is 0 Å². The minimum atomic E-state index is -1.05. The summed E-state index contributed by atoms with van der Waals surface area (Å²) in [7, 11) is 0. The summed E-state index contributed by atoms with van der Waals surface area (Å²) in [5.41, 5.74) is 1.37. The SMILES string of the molecule is Cc1nccnc1-c1nnsc1C(=O)O. The molecule has 0 aliphatic carbocycles. The quantitative estimate of drug-likeness (QED) is 0.815. The summed E-state index contributed by atoms with van der Waals surface area (Å²) < 4.78 is 3.60. The van der Waals surface area contributed by atoms with Crippen LogP contribution >= 0.6 is 11.5 Å². The predicted molar refractivity (Wildman–Crippen MR) is 52.6 cm³/mol. The van der Waals surface area contributed by atoms with Gasteiger partial charge in [-0.25, -0.2) is 4.79 Å². The molecule has 0 unspecified atom stereocenters. The van der Waals surface area contributed by atoms with Gasteiger partial charge in [-0.2, -0.15) is 0 Å². The standard InChI is InChI=1S/C8H6N4O2S/c1-4-5(10-3-2-9-4)6-7(8(13)14)15-12-11-6/h2-3H,1H3,(H,13,14). The molecule has 0 bridgehead atoms. The molecule has 2 aromatic heterocycles. The average Bonchev–Trinajstić information content (AvgIpc) is 2.67. The molecule has 0 aromatic carbocycles. The number of carboxylic acids is 1. The Bertz CT molecular complexity index is 511. The molecule has 0 saturated carbocycles. The molecule has 2 aromatic rings. The van der Waals surface area contributed by atoms with Gasteiger partial charge in [0.2, 0.25) is 0 Å². The Kier molecular flexibility index (Phi) is 2.38. The fraction of sp³-hybridized carbons (Fsp3) is 0.125. The Morgan fingerprint density at radius 1 is 1.33 bits per heavy atom. The molecule has 7 heteroatoms. The Hall–Kier alpha value is -1.89. The van der Waals surface area contributed by atoms with Gasteiger partial charge in [-0.15, -0.1) is 5.10 Å². The van der Waals surface area contributed by atoms with Crippen molar-refractivity contribution >= 4 is 17.5 Å². The van der Waals surface area contributed by atoms with Crippen LogP contribution in [0.25, 0.3) is 11.4 Å². The maximum Gasteiger partial charge on any atom is 0.349 e. The summed E-state index contributed by atoms with van der Waals surface area (Å²) in [4.78, 5) is 19.0. The monoisotopic (exact) mass is 222 g/mol. The number of aromatic carboxylic acids is 1. The van der Waals surface area contributed by atoms with Crippen LogP contribution in [0.2, 0.25) is 0 Å². The van der Waals surface area contributed by atoms with Crippen LogP contribution in [0, 0.1) is 6.92 Å². The Labute approximate surface area is 88.8 Å². The van der Waals surface area contributed by atoms with Crippen LogP contribution in [0.15, 0.2) is 12.4 Å². The third-order valence-corrected chi connectivity index (χ3v) is 2.50. The van der Waals surface area contributed by atoms with Crippen molar-refractivity contribution < 1.29 is 9.90 Å². The molecule has 15 heavy (non-hydrogen) atoms. The highest BCUT2D eigenvalue weighted by molar-refractivity contribution is 7.08. The number of aromatic nitrogens is 4. The largest absolute Gasteiger partial charge is 0.477 e.